The molecule has 3 saturated heterocycles. The van der Waals surface area contributed by atoms with Crippen molar-refractivity contribution in [2.75, 3.05) is 79.3 Å². The van der Waals surface area contributed by atoms with Crippen molar-refractivity contribution in [2.45, 2.75) is 119 Å². The van der Waals surface area contributed by atoms with E-state index >= 15 is 4.39 Å². The summed E-state index contributed by atoms with van der Waals surface area (Å²) < 4.78 is 39.5. The van der Waals surface area contributed by atoms with Crippen molar-refractivity contribution in [1.29, 1.82) is 0 Å². The molecule has 0 saturated carbocycles. The maximum absolute atomic E-state index is 15.4. The maximum Gasteiger partial charge on any atom is 0.274 e. The van der Waals surface area contributed by atoms with Gasteiger partial charge in [-0.25, -0.2) is 23.9 Å². The van der Waals surface area contributed by atoms with Gasteiger partial charge in [-0.15, -0.1) is 0 Å². The lowest BCUT2D eigenvalue weighted by Gasteiger charge is -2.42. The summed E-state index contributed by atoms with van der Waals surface area (Å²) in [5, 5.41) is 6.87. The Morgan fingerprint density at radius 2 is 0.825 bits per heavy atom. The van der Waals surface area contributed by atoms with Gasteiger partial charge in [-0.3, -0.25) is 42.5 Å². The summed E-state index contributed by atoms with van der Waals surface area (Å²) in [7, 11) is 0. The number of aromatic nitrogens is 5. The lowest BCUT2D eigenvalue weighted by molar-refractivity contribution is -0.127. The molecule has 126 heavy (non-hydrogen) atoms. The monoisotopic (exact) mass is 1770 g/mol. The number of benzene rings is 7. The molecule has 3 atom stereocenters. The van der Waals surface area contributed by atoms with Crippen molar-refractivity contribution in [1.82, 2.24) is 38.5 Å². The molecule has 22 nitrogen and oxygen atoms in total. The van der Waals surface area contributed by atoms with Crippen LogP contribution in [0.1, 0.15) is 114 Å². The first-order chi connectivity index (χ1) is 60.1. The van der Waals surface area contributed by atoms with Crippen LogP contribution >= 0.6 is 46.4 Å². The highest BCUT2D eigenvalue weighted by molar-refractivity contribution is 6.36. The number of carbonyl (C=O) groups excluding carboxylic acids is 3. The number of piperazine rings is 3. The van der Waals surface area contributed by atoms with Gasteiger partial charge < -0.3 is 39.7 Å². The van der Waals surface area contributed by atoms with Crippen molar-refractivity contribution in [3.63, 3.8) is 0 Å². The topological polar surface area (TPSA) is 215 Å². The first kappa shape index (κ1) is 90.6. The van der Waals surface area contributed by atoms with Crippen LogP contribution in [-0.4, -0.2) is 133 Å². The zero-order chi connectivity index (χ0) is 91.0. The maximum atomic E-state index is 15.4. The van der Waals surface area contributed by atoms with E-state index in [1.165, 1.54) is 47.2 Å². The van der Waals surface area contributed by atoms with E-state index in [9.17, 15) is 33.2 Å². The minimum atomic E-state index is -0.728. The van der Waals surface area contributed by atoms with Crippen molar-refractivity contribution in [2.24, 2.45) is 0 Å². The smallest absolute Gasteiger partial charge is 0.274 e. The first-order valence-corrected chi connectivity index (χ1v) is 42.7. The summed E-state index contributed by atoms with van der Waals surface area (Å²) in [5.41, 5.74) is 17.1. The Bertz CT molecular complexity index is 6790. The normalized spacial score (nSPS) is 15.3. The number of carbonyl (C=O) groups is 3. The number of nitrogens with zero attached hydrogens (tertiary/aromatic N) is 14. The van der Waals surface area contributed by atoms with Crippen molar-refractivity contribution < 1.29 is 27.7 Å². The minimum absolute atomic E-state index is 0.0140. The van der Waals surface area contributed by atoms with Crippen LogP contribution in [0, 0.1) is 52.3 Å². The van der Waals surface area contributed by atoms with E-state index in [2.05, 4.69) is 77.0 Å². The third-order valence-electron chi connectivity index (χ3n) is 23.6. The van der Waals surface area contributed by atoms with Gasteiger partial charge in [0.1, 0.15) is 5.76 Å². The zero-order valence-corrected chi connectivity index (χ0v) is 74.9. The second-order valence-electron chi connectivity index (χ2n) is 32.5. The number of pyridine rings is 4. The molecule has 8 heterocycles. The second-order valence-corrected chi connectivity index (χ2v) is 34.1. The molecule has 0 bridgehead atoms. The molecule has 0 aliphatic carbocycles. The fraction of sp³-hybridized carbons (Fsp3) is 0.276. The zero-order valence-electron chi connectivity index (χ0n) is 71.8. The summed E-state index contributed by atoms with van der Waals surface area (Å²) in [5.74, 6) is -0.896. The first-order valence-electron chi connectivity index (χ1n) is 41.2. The second kappa shape index (κ2) is 37.3. The number of aryl methyl sites for hydroxylation is 3. The molecule has 3 amide bonds. The van der Waals surface area contributed by atoms with Gasteiger partial charge >= 0.3 is 0 Å². The molecular formula is C98H93Cl4F2N15O7. The summed E-state index contributed by atoms with van der Waals surface area (Å²) in [6, 6.07) is 37.2. The molecular weight excluding hydrogens is 1680 g/mol. The fourth-order valence-electron chi connectivity index (χ4n) is 17.5. The Morgan fingerprint density at radius 3 is 1.14 bits per heavy atom. The van der Waals surface area contributed by atoms with Gasteiger partial charge in [0.05, 0.1) is 81.1 Å². The van der Waals surface area contributed by atoms with E-state index in [0.29, 0.717) is 164 Å². The fourth-order valence-corrected chi connectivity index (χ4v) is 18.5. The van der Waals surface area contributed by atoms with Crippen LogP contribution in [0.3, 0.4) is 0 Å². The van der Waals surface area contributed by atoms with E-state index in [0.717, 1.165) is 27.9 Å². The number of nitrogens with two attached hydrogens (primary N) is 1. The molecule has 3 fully saturated rings. The summed E-state index contributed by atoms with van der Waals surface area (Å²) >= 11 is 26.9. The predicted octanol–water partition coefficient (Wildman–Crippen LogP) is 21.4. The average Bonchev–Trinajstić information content (AvgIpc) is 0.926. The van der Waals surface area contributed by atoms with Crippen LogP contribution < -0.4 is 37.1 Å². The Balaban J connectivity index is 0.000000162. The lowest BCUT2D eigenvalue weighted by atomic mass is 9.97. The Hall–Kier alpha value is -13.2. The number of anilines is 4. The SMILES string of the molecule is [C-]#[N+]c1c(N2CCN(C(=O)C=C)C[C@@H]2C)c2cc(Cl)c(-c3c(C)noc3C)cc2n(-c2ccccc2C(C)C)c1=O.[C-]#[N+]c1c(N2CCN(C(=O)C=C)C[C@@H]2C)c2cc(Cl)c(-c3c(N)ccc(Cl)c3F)cc2n(-c2ccccc2C(C)C)c1=O.[C-]#[N+]c1c(N2CCN(C(=O)C=C)C[C@@H]2C)c2cc(Cl)c(-c3cnc(F)cc3C)cc2n(-c2ccccc2C(C)C)c1=O. The van der Waals surface area contributed by atoms with E-state index in [1.807, 2.05) is 149 Å². The van der Waals surface area contributed by atoms with Crippen molar-refractivity contribution in [3.05, 3.63) is 302 Å². The number of halogens is 6. The molecule has 2 N–H and O–H groups in total. The Kier molecular flexibility index (Phi) is 26.8. The number of amides is 3. The van der Waals surface area contributed by atoms with E-state index in [1.54, 1.807) is 49.0 Å². The number of rotatable bonds is 15. The van der Waals surface area contributed by atoms with E-state index < -0.39 is 28.4 Å². The third-order valence-corrected chi connectivity index (χ3v) is 24.9. The molecule has 0 radical (unpaired) electrons. The summed E-state index contributed by atoms with van der Waals surface area (Å²) in [6.45, 7) is 62.6. The largest absolute Gasteiger partial charge is 0.398 e. The van der Waals surface area contributed by atoms with Gasteiger partial charge in [-0.05, 0) is 173 Å². The van der Waals surface area contributed by atoms with Crippen LogP contribution in [0.2, 0.25) is 20.1 Å². The highest BCUT2D eigenvalue weighted by Crippen LogP contribution is 2.49. The Labute approximate surface area is 749 Å². The third kappa shape index (κ3) is 16.8. The average molecular weight is 1770 g/mol. The van der Waals surface area contributed by atoms with E-state index in [-0.39, 0.29) is 97.5 Å². The molecule has 3 aliphatic heterocycles. The van der Waals surface area contributed by atoms with Gasteiger partial charge in [0.2, 0.25) is 23.7 Å². The molecule has 15 rings (SSSR count). The lowest BCUT2D eigenvalue weighted by Crippen LogP contribution is -2.53. The predicted molar refractivity (Wildman–Crippen MR) is 503 cm³/mol. The van der Waals surface area contributed by atoms with Crippen LogP contribution in [0.4, 0.5) is 48.6 Å². The standard InChI is InChI=1S/C33H30Cl2FN5O2.C33H31ClFN5O2.C32H32ClN5O3/c1-6-28(42)39-13-14-40(19(4)17-39)32-22-15-24(35)21(29-25(37)12-11-23(34)30(29)36)16-27(22)41(33(43)31(32)38-5)26-10-8-7-9-20(26)18(2)3;1-7-30(41)38-12-13-39(21(5)18-38)32-24-15-26(34)23(25-17-37-29(35)14-20(25)4)16-28(24)40(33(42)31(32)36-6)27-11-9-8-10-22(27)19(2)3;1-8-28(39)36-13-14-37(19(4)17-36)31-24-15-25(33)23(29-20(5)35-41-21(29)6)16-27(24)38(32(40)30(31)34-7)26-12-10-9-11-22(26)18(2)3/h6-12,15-16,18-19H,1,13-14,17,37H2,2-4H3;7-11,14-17,19,21H,1,12-13,18H2,2-5H3;8-12,15-16,18-19H,1,13-14,17H2,2-6H3/t19-;21-;19-/m000/s1. The van der Waals surface area contributed by atoms with Gasteiger partial charge in [-0.2, -0.15) is 4.39 Å². The van der Waals surface area contributed by atoms with Crippen LogP contribution in [0.25, 0.3) is 97.7 Å². The number of hydrogen-bond acceptors (Lipinski definition) is 13. The quantitative estimate of drug-likeness (QED) is 0.0438. The highest BCUT2D eigenvalue weighted by atomic mass is 35.5. The van der Waals surface area contributed by atoms with Gasteiger partial charge in [0.15, 0.2) is 5.82 Å². The molecule has 5 aromatic heterocycles. The van der Waals surface area contributed by atoms with Gasteiger partial charge in [-0.1, -0.05) is 167 Å². The number of hydrogen-bond donors (Lipinski definition) is 1. The van der Waals surface area contributed by atoms with Crippen molar-refractivity contribution in [3.8, 4) is 50.4 Å². The molecule has 12 aromatic rings. The Morgan fingerprint density at radius 1 is 0.484 bits per heavy atom. The van der Waals surface area contributed by atoms with Crippen LogP contribution in [0.15, 0.2) is 190 Å². The molecule has 7 aromatic carbocycles. The molecule has 28 heteroatoms. The number of nitrogen functional groups attached to an aromatic ring is 1. The van der Waals surface area contributed by atoms with Crippen LogP contribution in [-0.2, 0) is 14.4 Å². The van der Waals surface area contributed by atoms with Crippen molar-refractivity contribution >= 4 is 137 Å². The summed E-state index contributed by atoms with van der Waals surface area (Å²) in [4.78, 5) is 107. The highest BCUT2D eigenvalue weighted by Gasteiger charge is 2.37. The molecule has 3 aliphatic rings. The summed E-state index contributed by atoms with van der Waals surface area (Å²) in [6.07, 6.45) is 5.32. The van der Waals surface area contributed by atoms with Gasteiger partial charge in [0, 0.05) is 154 Å². The van der Waals surface area contributed by atoms with Gasteiger partial charge in [0.25, 0.3) is 33.7 Å². The van der Waals surface area contributed by atoms with E-state index in [4.69, 9.17) is 76.4 Å². The number of para-hydroxylation sites is 3. The molecule has 0 unspecified atom stereocenters. The number of fused-ring (bicyclic) bond motifs is 3. The molecule has 0 spiro atoms. The molecule has 644 valence electrons. The van der Waals surface area contributed by atoms with Crippen LogP contribution in [0.5, 0.6) is 0 Å². The minimum Gasteiger partial charge on any atom is -0.398 e.